The smallest absolute Gasteiger partial charge is 0.254 e. The summed E-state index contributed by atoms with van der Waals surface area (Å²) in [5.74, 6) is 0.156. The number of para-hydroxylation sites is 1. The summed E-state index contributed by atoms with van der Waals surface area (Å²) in [4.78, 5) is 42.5. The van der Waals surface area contributed by atoms with Crippen molar-refractivity contribution in [3.05, 3.63) is 83.2 Å². The molecular weight excluding hydrogens is 833 g/mol. The van der Waals surface area contributed by atoms with Gasteiger partial charge in [0.2, 0.25) is 11.8 Å². The second-order valence-electron chi connectivity index (χ2n) is 18.1. The first kappa shape index (κ1) is 43.6. The van der Waals surface area contributed by atoms with E-state index in [1.165, 1.54) is 4.90 Å². The number of nitrogens with one attached hydrogen (secondary N) is 2. The van der Waals surface area contributed by atoms with Crippen molar-refractivity contribution in [2.45, 2.75) is 89.8 Å². The molecule has 0 saturated carbocycles. The molecule has 3 aromatic heterocycles. The molecule has 7 heterocycles. The number of likely N-dealkylation sites (tertiary alicyclic amines) is 2. The second-order valence-corrected chi connectivity index (χ2v) is 19.0. The minimum absolute atomic E-state index is 0.0564. The molecule has 0 aliphatic carbocycles. The Kier molecular flexibility index (Phi) is 12.6. The quantitative estimate of drug-likeness (QED) is 0.119. The van der Waals surface area contributed by atoms with Crippen molar-refractivity contribution in [3.8, 4) is 33.3 Å². The van der Waals surface area contributed by atoms with Gasteiger partial charge in [-0.15, -0.1) is 21.5 Å². The largest absolute Gasteiger partial charge is 0.507 e. The van der Waals surface area contributed by atoms with Crippen LogP contribution in [-0.4, -0.2) is 140 Å². The fourth-order valence-corrected chi connectivity index (χ4v) is 10.7. The van der Waals surface area contributed by atoms with Crippen LogP contribution in [0.4, 0.5) is 11.5 Å². The van der Waals surface area contributed by atoms with Crippen LogP contribution in [0.1, 0.15) is 69.5 Å². The summed E-state index contributed by atoms with van der Waals surface area (Å²) < 4.78 is 12.1. The first-order valence-corrected chi connectivity index (χ1v) is 23.3. The minimum Gasteiger partial charge on any atom is -0.507 e. The Hall–Kier alpha value is -5.62. The molecule has 64 heavy (non-hydrogen) atoms. The van der Waals surface area contributed by atoms with Crippen LogP contribution in [0.2, 0.25) is 0 Å². The molecule has 7 atom stereocenters. The van der Waals surface area contributed by atoms with Crippen molar-refractivity contribution in [2.75, 3.05) is 62.6 Å². The van der Waals surface area contributed by atoms with Crippen LogP contribution in [-0.2, 0) is 9.59 Å². The highest BCUT2D eigenvalue weighted by Gasteiger charge is 2.44. The average molecular weight is 891 g/mol. The van der Waals surface area contributed by atoms with E-state index in [-0.39, 0.29) is 54.6 Å². The van der Waals surface area contributed by atoms with Gasteiger partial charge in [0, 0.05) is 69.9 Å². The highest BCUT2D eigenvalue weighted by molar-refractivity contribution is 7.13. The number of phenols is 1. The monoisotopic (exact) mass is 890 g/mol. The van der Waals surface area contributed by atoms with Gasteiger partial charge in [0.1, 0.15) is 23.8 Å². The number of aliphatic hydroxyl groups excluding tert-OH is 1. The van der Waals surface area contributed by atoms with E-state index in [1.807, 2.05) is 82.6 Å². The predicted octanol–water partition coefficient (Wildman–Crippen LogP) is 5.31. The van der Waals surface area contributed by atoms with Gasteiger partial charge in [-0.1, -0.05) is 50.2 Å². The number of aliphatic hydroxyl groups is 1. The second kappa shape index (κ2) is 18.5. The lowest BCUT2D eigenvalue weighted by molar-refractivity contribution is -0.141. The van der Waals surface area contributed by atoms with Crippen LogP contribution in [0, 0.1) is 12.8 Å². The summed E-state index contributed by atoms with van der Waals surface area (Å²) in [6.45, 7) is 16.0. The number of anilines is 2. The zero-order valence-corrected chi connectivity index (χ0v) is 37.9. The van der Waals surface area contributed by atoms with Gasteiger partial charge >= 0.3 is 0 Å². The lowest BCUT2D eigenvalue weighted by Gasteiger charge is -2.47. The molecule has 3 saturated heterocycles. The van der Waals surface area contributed by atoms with Crippen LogP contribution in [0.3, 0.4) is 0 Å². The number of aromatic hydroxyl groups is 1. The van der Waals surface area contributed by atoms with Crippen LogP contribution in [0.25, 0.3) is 21.7 Å². The van der Waals surface area contributed by atoms with Crippen molar-refractivity contribution in [1.29, 1.82) is 0 Å². The first-order valence-electron chi connectivity index (χ1n) is 22.5. The van der Waals surface area contributed by atoms with Crippen LogP contribution >= 0.6 is 11.3 Å². The van der Waals surface area contributed by atoms with E-state index in [1.54, 1.807) is 29.5 Å². The molecule has 0 unspecified atom stereocenters. The summed E-state index contributed by atoms with van der Waals surface area (Å²) in [6, 6.07) is 18.6. The van der Waals surface area contributed by atoms with Crippen molar-refractivity contribution in [3.63, 3.8) is 0 Å². The number of carbonyl (C=O) groups excluding carboxylic acids is 2. The maximum Gasteiger partial charge on any atom is 0.254 e. The molecule has 5 aromatic rings. The SMILES string of the molecule is Cc1ncsc1-c1ccc([C@H](C)NC(=O)[C@@H]2C[C@@H](O)CN2C(=O)[C@@H](c2cc(O[C@H](C)CN3CC[C@H](N4CCN5c6cc(-c7ccccc7O)nnc6NC[C@H]5C4)C3)no2)C(C)C)cc1. The molecule has 4 aliphatic heterocycles. The van der Waals surface area contributed by atoms with Gasteiger partial charge in [0.05, 0.1) is 45.7 Å². The molecule has 16 nitrogen and oxygen atoms in total. The number of thiazole rings is 1. The highest BCUT2D eigenvalue weighted by Crippen LogP contribution is 2.37. The molecule has 338 valence electrons. The van der Waals surface area contributed by atoms with Gasteiger partial charge in [-0.05, 0) is 74.1 Å². The molecule has 3 fully saturated rings. The maximum atomic E-state index is 14.3. The normalized spacial score (nSPS) is 22.7. The van der Waals surface area contributed by atoms with Gasteiger partial charge < -0.3 is 39.9 Å². The number of amides is 2. The number of hydrogen-bond acceptors (Lipinski definition) is 15. The summed E-state index contributed by atoms with van der Waals surface area (Å²) in [7, 11) is 0. The number of nitrogens with zero attached hydrogens (tertiary/aromatic N) is 8. The Morgan fingerprint density at radius 1 is 1.00 bits per heavy atom. The van der Waals surface area contributed by atoms with E-state index in [0.29, 0.717) is 35.5 Å². The predicted molar refractivity (Wildman–Crippen MR) is 244 cm³/mol. The summed E-state index contributed by atoms with van der Waals surface area (Å²) in [5.41, 5.74) is 7.17. The number of rotatable bonds is 13. The Labute approximate surface area is 377 Å². The molecule has 9 rings (SSSR count). The van der Waals surface area contributed by atoms with Crippen molar-refractivity contribution < 1.29 is 29.1 Å². The molecule has 4 aliphatic rings. The van der Waals surface area contributed by atoms with E-state index in [0.717, 1.165) is 78.9 Å². The Morgan fingerprint density at radius 3 is 2.58 bits per heavy atom. The molecule has 0 radical (unpaired) electrons. The van der Waals surface area contributed by atoms with Gasteiger partial charge in [0.15, 0.2) is 11.6 Å². The Bertz CT molecular complexity index is 2440. The van der Waals surface area contributed by atoms with Crippen molar-refractivity contribution in [1.82, 2.24) is 40.4 Å². The number of piperazine rings is 1. The van der Waals surface area contributed by atoms with Crippen LogP contribution in [0.5, 0.6) is 11.6 Å². The lowest BCUT2D eigenvalue weighted by Crippen LogP contribution is -2.60. The van der Waals surface area contributed by atoms with E-state index >= 15 is 0 Å². The number of aryl methyl sites for hydroxylation is 1. The summed E-state index contributed by atoms with van der Waals surface area (Å²) in [6.07, 6.45) is 0.218. The zero-order valence-electron chi connectivity index (χ0n) is 37.1. The van der Waals surface area contributed by atoms with E-state index < -0.39 is 18.1 Å². The summed E-state index contributed by atoms with van der Waals surface area (Å²) in [5, 5.41) is 40.8. The van der Waals surface area contributed by atoms with E-state index in [9.17, 15) is 19.8 Å². The first-order chi connectivity index (χ1) is 30.9. The third-order valence-corrected chi connectivity index (χ3v) is 14.2. The van der Waals surface area contributed by atoms with Gasteiger partial charge in [-0.25, -0.2) is 4.98 Å². The Morgan fingerprint density at radius 2 is 1.81 bits per heavy atom. The van der Waals surface area contributed by atoms with Gasteiger partial charge in [0.25, 0.3) is 5.88 Å². The van der Waals surface area contributed by atoms with Crippen molar-refractivity contribution in [2.24, 2.45) is 5.92 Å². The highest BCUT2D eigenvalue weighted by atomic mass is 32.1. The number of ether oxygens (including phenoxy) is 1. The van der Waals surface area contributed by atoms with Crippen molar-refractivity contribution >= 4 is 34.7 Å². The standard InChI is InChI=1S/C47H58N10O6S/c1-27(2)43(47(61)57-25-35(58)18-39(57)46(60)50-29(4)31-10-12-32(13-11-31)44-30(5)49-26-64-44)41-20-42(53-63-41)62-28(3)22-54-15-14-33(23-54)55-16-17-56-34(24-55)21-48-45-38(56)19-37(51-52-45)36-8-6-7-9-40(36)59/h6-13,19-20,26-29,33-35,39,43,58-59H,14-18,21-25H2,1-5H3,(H,48,52)(H,50,60)/t28-,29+,33+,34+,35-,39+,43-/m1/s1. The molecule has 2 amide bonds. The number of benzene rings is 2. The van der Waals surface area contributed by atoms with Crippen LogP contribution < -0.4 is 20.3 Å². The van der Waals surface area contributed by atoms with Gasteiger partial charge in [-0.3, -0.25) is 19.4 Å². The molecule has 2 aromatic carbocycles. The molecule has 4 N–H and O–H groups in total. The maximum absolute atomic E-state index is 14.3. The third kappa shape index (κ3) is 9.03. The number of phenolic OH excluding ortho intramolecular Hbond substituents is 1. The molecule has 17 heteroatoms. The molecule has 0 spiro atoms. The number of β-amino-alcohol motifs (C(OH)–C–C–N with tert-alkyl or cyclic N) is 1. The average Bonchev–Trinajstić information content (AvgIpc) is 4.12. The summed E-state index contributed by atoms with van der Waals surface area (Å²) >= 11 is 1.59. The number of fused-ring (bicyclic) bond motifs is 3. The molecule has 0 bridgehead atoms. The van der Waals surface area contributed by atoms with Gasteiger partial charge in [-0.2, -0.15) is 0 Å². The Balaban J connectivity index is 0.773. The fraction of sp³-hybridized carbons (Fsp3) is 0.489. The van der Waals surface area contributed by atoms with E-state index in [2.05, 4.69) is 45.7 Å². The lowest BCUT2D eigenvalue weighted by atomic mass is 9.91. The number of hydrogen-bond donors (Lipinski definition) is 4. The number of aromatic nitrogens is 4. The third-order valence-electron chi connectivity index (χ3n) is 13.3. The molecular formula is C47H58N10O6S. The number of carbonyl (C=O) groups is 2. The zero-order chi connectivity index (χ0) is 44.6. The van der Waals surface area contributed by atoms with Crippen LogP contribution in [0.15, 0.2) is 70.7 Å². The fourth-order valence-electron chi connectivity index (χ4n) is 9.94. The topological polar surface area (TPSA) is 186 Å². The minimum atomic E-state index is -0.826. The van der Waals surface area contributed by atoms with E-state index in [4.69, 9.17) is 9.26 Å².